The van der Waals surface area contributed by atoms with Gasteiger partial charge in [0.1, 0.15) is 10.7 Å². The molecule has 8 heteroatoms. The van der Waals surface area contributed by atoms with E-state index in [0.717, 1.165) is 6.07 Å². The molecule has 1 heterocycles. The number of aliphatic hydroxyl groups excluding tert-OH is 1. The van der Waals surface area contributed by atoms with Crippen LogP contribution in [0, 0.1) is 5.82 Å². The van der Waals surface area contributed by atoms with Crippen molar-refractivity contribution in [2.45, 2.75) is 37.0 Å². The maximum Gasteiger partial charge on any atom is 0.243 e. The third-order valence-electron chi connectivity index (χ3n) is 3.22. The second-order valence-electron chi connectivity index (χ2n) is 4.63. The van der Waals surface area contributed by atoms with Crippen LogP contribution < -0.4 is 4.72 Å². The second-order valence-corrected chi connectivity index (χ2v) is 6.75. The van der Waals surface area contributed by atoms with E-state index in [9.17, 15) is 12.8 Å². The highest BCUT2D eigenvalue weighted by Crippen LogP contribution is 2.25. The van der Waals surface area contributed by atoms with Crippen LogP contribution in [-0.2, 0) is 21.4 Å². The Hall–Kier alpha value is -0.730. The molecule has 1 saturated heterocycles. The Morgan fingerprint density at radius 3 is 2.80 bits per heavy atom. The van der Waals surface area contributed by atoms with Crippen LogP contribution in [0.4, 0.5) is 4.39 Å². The number of ether oxygens (including phenoxy) is 1. The van der Waals surface area contributed by atoms with E-state index < -0.39 is 33.4 Å². The summed E-state index contributed by atoms with van der Waals surface area (Å²) in [6.07, 6.45) is 0.249. The van der Waals surface area contributed by atoms with E-state index in [0.29, 0.717) is 13.0 Å². The summed E-state index contributed by atoms with van der Waals surface area (Å²) in [7, 11) is -4.06. The Balaban J connectivity index is 2.36. The minimum absolute atomic E-state index is 0.0477. The predicted octanol–water partition coefficient (Wildman–Crippen LogP) is 1.43. The molecule has 1 aliphatic heterocycles. The van der Waals surface area contributed by atoms with Crippen LogP contribution in [0.5, 0.6) is 0 Å². The molecule has 2 rings (SSSR count). The van der Waals surface area contributed by atoms with Crippen LogP contribution in [-0.4, -0.2) is 32.3 Å². The van der Waals surface area contributed by atoms with E-state index >= 15 is 0 Å². The van der Waals surface area contributed by atoms with Gasteiger partial charge in [0.15, 0.2) is 0 Å². The zero-order valence-electron chi connectivity index (χ0n) is 10.8. The molecule has 0 spiro atoms. The van der Waals surface area contributed by atoms with Gasteiger partial charge in [-0.2, -0.15) is 0 Å². The van der Waals surface area contributed by atoms with Crippen molar-refractivity contribution in [1.29, 1.82) is 0 Å². The molecule has 1 fully saturated rings. The quantitative estimate of drug-likeness (QED) is 0.879. The Morgan fingerprint density at radius 1 is 1.55 bits per heavy atom. The SMILES string of the molecule is CC1OCCC1NS(=O)(=O)c1cc(Cl)cc(CO)c1F. The van der Waals surface area contributed by atoms with Gasteiger partial charge < -0.3 is 9.84 Å². The van der Waals surface area contributed by atoms with Gasteiger partial charge >= 0.3 is 0 Å². The Bertz CT molecular complexity index is 608. The zero-order valence-corrected chi connectivity index (χ0v) is 12.3. The summed E-state index contributed by atoms with van der Waals surface area (Å²) in [6, 6.07) is 1.81. The lowest BCUT2D eigenvalue weighted by atomic mass is 10.2. The van der Waals surface area contributed by atoms with Crippen LogP contribution in [0.15, 0.2) is 17.0 Å². The number of hydrogen-bond acceptors (Lipinski definition) is 4. The molecule has 2 N–H and O–H groups in total. The van der Waals surface area contributed by atoms with Crippen LogP contribution >= 0.6 is 11.6 Å². The standard InChI is InChI=1S/C12H15ClFNO4S/c1-7-10(2-3-19-7)15-20(17,18)11-5-9(13)4-8(6-16)12(11)14/h4-5,7,10,15-16H,2-3,6H2,1H3. The molecule has 0 aromatic heterocycles. The monoisotopic (exact) mass is 323 g/mol. The molecular formula is C12H15ClFNO4S. The second kappa shape index (κ2) is 5.95. The summed E-state index contributed by atoms with van der Waals surface area (Å²) in [5.41, 5.74) is -0.159. The van der Waals surface area contributed by atoms with Gasteiger partial charge in [0, 0.05) is 17.2 Å². The Morgan fingerprint density at radius 2 is 2.25 bits per heavy atom. The molecule has 0 bridgehead atoms. The van der Waals surface area contributed by atoms with Crippen LogP contribution in [0.1, 0.15) is 18.9 Å². The van der Waals surface area contributed by atoms with Crippen LogP contribution in [0.2, 0.25) is 5.02 Å². The van der Waals surface area contributed by atoms with Crippen molar-refractivity contribution in [3.05, 3.63) is 28.5 Å². The summed E-state index contributed by atoms with van der Waals surface area (Å²) in [5.74, 6) is -0.990. The van der Waals surface area contributed by atoms with Crippen molar-refractivity contribution >= 4 is 21.6 Å². The minimum Gasteiger partial charge on any atom is -0.392 e. The smallest absolute Gasteiger partial charge is 0.243 e. The van der Waals surface area contributed by atoms with Gasteiger partial charge in [-0.05, 0) is 25.5 Å². The first kappa shape index (κ1) is 15.7. The number of aliphatic hydroxyl groups is 1. The van der Waals surface area contributed by atoms with Gasteiger partial charge in [0.05, 0.1) is 18.8 Å². The minimum atomic E-state index is -4.06. The van der Waals surface area contributed by atoms with E-state index in [2.05, 4.69) is 4.72 Å². The fourth-order valence-corrected chi connectivity index (χ4v) is 3.87. The van der Waals surface area contributed by atoms with E-state index in [-0.39, 0.29) is 16.7 Å². The molecule has 20 heavy (non-hydrogen) atoms. The molecule has 2 unspecified atom stereocenters. The molecule has 2 atom stereocenters. The molecule has 5 nitrogen and oxygen atoms in total. The lowest BCUT2D eigenvalue weighted by molar-refractivity contribution is 0.117. The molecule has 1 aromatic carbocycles. The third-order valence-corrected chi connectivity index (χ3v) is 4.93. The lowest BCUT2D eigenvalue weighted by Gasteiger charge is -2.17. The van der Waals surface area contributed by atoms with Gasteiger partial charge in [-0.1, -0.05) is 11.6 Å². The highest BCUT2D eigenvalue weighted by atomic mass is 35.5. The molecule has 112 valence electrons. The van der Waals surface area contributed by atoms with Crippen LogP contribution in [0.3, 0.4) is 0 Å². The number of rotatable bonds is 4. The first-order chi connectivity index (χ1) is 9.35. The van der Waals surface area contributed by atoms with Crippen molar-refractivity contribution in [2.75, 3.05) is 6.61 Å². The highest BCUT2D eigenvalue weighted by Gasteiger charge is 2.31. The van der Waals surface area contributed by atoms with Gasteiger partial charge in [-0.25, -0.2) is 17.5 Å². The van der Waals surface area contributed by atoms with Gasteiger partial charge in [-0.15, -0.1) is 0 Å². The van der Waals surface area contributed by atoms with Crippen molar-refractivity contribution in [3.8, 4) is 0 Å². The summed E-state index contributed by atoms with van der Waals surface area (Å²) in [6.45, 7) is 1.57. The summed E-state index contributed by atoms with van der Waals surface area (Å²) >= 11 is 5.76. The molecule has 1 aromatic rings. The Kier molecular flexibility index (Phi) is 4.66. The third kappa shape index (κ3) is 3.12. The molecular weight excluding hydrogens is 309 g/mol. The van der Waals surface area contributed by atoms with Crippen molar-refractivity contribution in [2.24, 2.45) is 0 Å². The average Bonchev–Trinajstić information content (AvgIpc) is 2.76. The summed E-state index contributed by atoms with van der Waals surface area (Å²) in [5, 5.41) is 9.07. The number of benzene rings is 1. The maximum atomic E-state index is 14.1. The van der Waals surface area contributed by atoms with E-state index in [1.54, 1.807) is 6.92 Å². The van der Waals surface area contributed by atoms with Crippen molar-refractivity contribution < 1.29 is 22.7 Å². The first-order valence-electron chi connectivity index (χ1n) is 6.08. The Labute approximate surface area is 121 Å². The molecule has 0 saturated carbocycles. The molecule has 0 amide bonds. The molecule has 1 aliphatic rings. The fourth-order valence-electron chi connectivity index (χ4n) is 2.08. The number of hydrogen-bond donors (Lipinski definition) is 2. The van der Waals surface area contributed by atoms with Gasteiger partial charge in [0.25, 0.3) is 0 Å². The van der Waals surface area contributed by atoms with Gasteiger partial charge in [-0.3, -0.25) is 0 Å². The fraction of sp³-hybridized carbons (Fsp3) is 0.500. The lowest BCUT2D eigenvalue weighted by Crippen LogP contribution is -2.39. The van der Waals surface area contributed by atoms with Gasteiger partial charge in [0.2, 0.25) is 10.0 Å². The van der Waals surface area contributed by atoms with Crippen molar-refractivity contribution in [3.63, 3.8) is 0 Å². The predicted molar refractivity (Wildman–Crippen MR) is 71.5 cm³/mol. The first-order valence-corrected chi connectivity index (χ1v) is 7.94. The molecule has 0 aliphatic carbocycles. The maximum absolute atomic E-state index is 14.1. The topological polar surface area (TPSA) is 75.6 Å². The van der Waals surface area contributed by atoms with E-state index in [4.69, 9.17) is 21.4 Å². The average molecular weight is 324 g/mol. The number of halogens is 2. The van der Waals surface area contributed by atoms with E-state index in [1.807, 2.05) is 0 Å². The number of nitrogens with one attached hydrogen (secondary N) is 1. The summed E-state index contributed by atoms with van der Waals surface area (Å²) in [4.78, 5) is -0.562. The van der Waals surface area contributed by atoms with Crippen molar-refractivity contribution in [1.82, 2.24) is 4.72 Å². The largest absolute Gasteiger partial charge is 0.392 e. The van der Waals surface area contributed by atoms with Crippen LogP contribution in [0.25, 0.3) is 0 Å². The normalized spacial score (nSPS) is 23.2. The highest BCUT2D eigenvalue weighted by molar-refractivity contribution is 7.89. The summed E-state index contributed by atoms with van der Waals surface area (Å²) < 4.78 is 46.2. The number of sulfonamides is 1. The zero-order chi connectivity index (χ0) is 14.9. The molecule has 0 radical (unpaired) electrons. The van der Waals surface area contributed by atoms with E-state index in [1.165, 1.54) is 6.07 Å².